The van der Waals surface area contributed by atoms with Crippen molar-refractivity contribution in [2.45, 2.75) is 39.2 Å². The van der Waals surface area contributed by atoms with Crippen molar-refractivity contribution in [3.8, 4) is 5.75 Å². The highest BCUT2D eigenvalue weighted by Gasteiger charge is 2.24. The first-order chi connectivity index (χ1) is 16.7. The fourth-order valence-corrected chi connectivity index (χ4v) is 4.72. The molecule has 1 aliphatic rings. The summed E-state index contributed by atoms with van der Waals surface area (Å²) in [6.07, 6.45) is 7.90. The van der Waals surface area contributed by atoms with Gasteiger partial charge in [-0.25, -0.2) is 4.63 Å². The number of para-hydroxylation sites is 1. The highest BCUT2D eigenvalue weighted by atomic mass is 16.6. The molecule has 1 fully saturated rings. The molecule has 0 bridgehead atoms. The predicted octanol–water partition coefficient (Wildman–Crippen LogP) is 4.99. The van der Waals surface area contributed by atoms with Gasteiger partial charge < -0.3 is 9.64 Å². The van der Waals surface area contributed by atoms with Crippen LogP contribution in [0.25, 0.3) is 10.8 Å². The minimum Gasteiger partial charge on any atom is -0.486 e. The Balaban J connectivity index is 1.25. The lowest BCUT2D eigenvalue weighted by atomic mass is 9.90. The zero-order chi connectivity index (χ0) is 23.3. The number of hydrogen-bond acceptors (Lipinski definition) is 6. The summed E-state index contributed by atoms with van der Waals surface area (Å²) >= 11 is 0. The van der Waals surface area contributed by atoms with Crippen LogP contribution in [0, 0.1) is 12.8 Å². The van der Waals surface area contributed by atoms with Gasteiger partial charge in [0.15, 0.2) is 0 Å². The van der Waals surface area contributed by atoms with E-state index in [2.05, 4.69) is 39.6 Å². The van der Waals surface area contributed by atoms with Crippen LogP contribution in [0.15, 0.2) is 65.6 Å². The quantitative estimate of drug-likeness (QED) is 0.407. The first kappa shape index (κ1) is 22.1. The third kappa shape index (κ3) is 4.78. The van der Waals surface area contributed by atoms with Gasteiger partial charge in [-0.1, -0.05) is 40.6 Å². The van der Waals surface area contributed by atoms with E-state index in [1.807, 2.05) is 48.5 Å². The summed E-state index contributed by atoms with van der Waals surface area (Å²) in [5.74, 6) is 1.12. The van der Waals surface area contributed by atoms with Gasteiger partial charge in [0.2, 0.25) is 0 Å². The molecule has 1 saturated heterocycles. The Labute approximate surface area is 198 Å². The summed E-state index contributed by atoms with van der Waals surface area (Å²) in [4.78, 5) is 19.7. The molecule has 3 heterocycles. The van der Waals surface area contributed by atoms with Crippen molar-refractivity contribution in [1.82, 2.24) is 20.2 Å². The number of rotatable bonds is 6. The number of benzene rings is 2. The van der Waals surface area contributed by atoms with Crippen LogP contribution in [0.1, 0.15) is 46.6 Å². The molecule has 1 aliphatic heterocycles. The molecule has 0 saturated carbocycles. The molecular formula is C27H28N4O3. The first-order valence-corrected chi connectivity index (χ1v) is 11.8. The average molecular weight is 457 g/mol. The van der Waals surface area contributed by atoms with E-state index in [0.29, 0.717) is 28.6 Å². The number of amides is 1. The maximum absolute atomic E-state index is 13.4. The second-order valence-electron chi connectivity index (χ2n) is 8.89. The summed E-state index contributed by atoms with van der Waals surface area (Å²) in [6.45, 7) is 3.53. The van der Waals surface area contributed by atoms with E-state index in [1.165, 1.54) is 16.3 Å². The number of ether oxygens (including phenoxy) is 1. The van der Waals surface area contributed by atoms with Crippen molar-refractivity contribution < 1.29 is 14.2 Å². The molecule has 0 aliphatic carbocycles. The summed E-state index contributed by atoms with van der Waals surface area (Å²) < 4.78 is 10.7. The lowest BCUT2D eigenvalue weighted by molar-refractivity contribution is 0.0755. The van der Waals surface area contributed by atoms with Crippen molar-refractivity contribution in [3.63, 3.8) is 0 Å². The van der Waals surface area contributed by atoms with Gasteiger partial charge in [-0.2, -0.15) is 0 Å². The summed E-state index contributed by atoms with van der Waals surface area (Å²) in [6, 6.07) is 15.9. The van der Waals surface area contributed by atoms with Crippen molar-refractivity contribution >= 4 is 16.7 Å². The van der Waals surface area contributed by atoms with E-state index in [4.69, 9.17) is 9.37 Å². The Morgan fingerprint density at radius 1 is 1.09 bits per heavy atom. The number of likely N-dealkylation sites (tertiary alicyclic amines) is 1. The van der Waals surface area contributed by atoms with Crippen LogP contribution in [0.4, 0.5) is 0 Å². The minimum absolute atomic E-state index is 0.0162. The van der Waals surface area contributed by atoms with Gasteiger partial charge in [-0.15, -0.1) is 0 Å². The van der Waals surface area contributed by atoms with Gasteiger partial charge in [0, 0.05) is 30.9 Å². The van der Waals surface area contributed by atoms with Gasteiger partial charge in [-0.3, -0.25) is 9.78 Å². The van der Waals surface area contributed by atoms with Crippen LogP contribution in [-0.2, 0) is 13.0 Å². The maximum Gasteiger partial charge on any atom is 0.257 e. The zero-order valence-corrected chi connectivity index (χ0v) is 19.3. The van der Waals surface area contributed by atoms with Crippen LogP contribution >= 0.6 is 0 Å². The lowest BCUT2D eigenvalue weighted by Gasteiger charge is -2.22. The van der Waals surface area contributed by atoms with Crippen molar-refractivity contribution in [2.75, 3.05) is 13.1 Å². The van der Waals surface area contributed by atoms with E-state index in [9.17, 15) is 4.79 Å². The topological polar surface area (TPSA) is 81.3 Å². The number of hydrogen-bond donors (Lipinski definition) is 0. The summed E-state index contributed by atoms with van der Waals surface area (Å²) in [5.41, 5.74) is 3.26. The van der Waals surface area contributed by atoms with E-state index in [-0.39, 0.29) is 12.5 Å². The molecule has 2 aromatic carbocycles. The maximum atomic E-state index is 13.4. The van der Waals surface area contributed by atoms with Gasteiger partial charge in [0.25, 0.3) is 5.91 Å². The molecular weight excluding hydrogens is 428 g/mol. The normalized spacial score (nSPS) is 16.4. The molecule has 1 unspecified atom stereocenters. The number of aryl methyl sites for hydroxylation is 1. The molecule has 1 atom stereocenters. The van der Waals surface area contributed by atoms with E-state index in [1.54, 1.807) is 0 Å². The highest BCUT2D eigenvalue weighted by Crippen LogP contribution is 2.28. The van der Waals surface area contributed by atoms with Gasteiger partial charge in [0.1, 0.15) is 23.7 Å². The number of carbonyl (C=O) groups is 1. The largest absolute Gasteiger partial charge is 0.486 e. The molecule has 0 N–H and O–H groups in total. The Hall–Kier alpha value is -3.74. The molecule has 7 nitrogen and oxygen atoms in total. The molecule has 0 radical (unpaired) electrons. The first-order valence-electron chi connectivity index (χ1n) is 11.8. The number of carbonyl (C=O) groups excluding carboxylic acids is 1. The number of nitrogens with zero attached hydrogens (tertiary/aromatic N) is 4. The smallest absolute Gasteiger partial charge is 0.257 e. The van der Waals surface area contributed by atoms with Crippen LogP contribution in [-0.4, -0.2) is 39.2 Å². The number of pyridine rings is 1. The SMILES string of the molecule is Cc1nonc1COc1ccccc1C(=O)N1CCCC(Cc2cccc3cnccc23)CC1. The molecule has 5 rings (SSSR count). The van der Waals surface area contributed by atoms with Crippen molar-refractivity contribution in [1.29, 1.82) is 0 Å². The third-order valence-electron chi connectivity index (χ3n) is 6.64. The molecule has 34 heavy (non-hydrogen) atoms. The van der Waals surface area contributed by atoms with Crippen LogP contribution in [0.3, 0.4) is 0 Å². The Morgan fingerprint density at radius 3 is 2.88 bits per heavy atom. The molecule has 174 valence electrons. The second-order valence-corrected chi connectivity index (χ2v) is 8.89. The lowest BCUT2D eigenvalue weighted by Crippen LogP contribution is -2.32. The summed E-state index contributed by atoms with van der Waals surface area (Å²) in [5, 5.41) is 10.1. The van der Waals surface area contributed by atoms with Gasteiger partial charge >= 0.3 is 0 Å². The van der Waals surface area contributed by atoms with Crippen molar-refractivity contribution in [3.05, 3.63) is 83.4 Å². The molecule has 7 heteroatoms. The molecule has 0 spiro atoms. The predicted molar refractivity (Wildman–Crippen MR) is 129 cm³/mol. The van der Waals surface area contributed by atoms with Crippen LogP contribution in [0.5, 0.6) is 5.75 Å². The van der Waals surface area contributed by atoms with Gasteiger partial charge in [0.05, 0.1) is 5.56 Å². The Kier molecular flexibility index (Phi) is 6.51. The number of aromatic nitrogens is 3. The molecule has 1 amide bonds. The van der Waals surface area contributed by atoms with Crippen LogP contribution < -0.4 is 4.74 Å². The zero-order valence-electron chi connectivity index (χ0n) is 19.3. The van der Waals surface area contributed by atoms with Crippen LogP contribution in [0.2, 0.25) is 0 Å². The minimum atomic E-state index is 0.0162. The Morgan fingerprint density at radius 2 is 2.00 bits per heavy atom. The average Bonchev–Trinajstić information content (AvgIpc) is 3.14. The standard InChI is InChI=1S/C27H28N4O3/c1-19-25(30-34-29-19)18-33-26-10-3-2-9-24(26)27(32)31-14-5-6-20(12-15-31)16-21-7-4-8-22-17-28-13-11-23(21)22/h2-4,7-11,13,17,20H,5-6,12,14-16,18H2,1H3. The monoisotopic (exact) mass is 456 g/mol. The fraction of sp³-hybridized carbons (Fsp3) is 0.333. The van der Waals surface area contributed by atoms with E-state index < -0.39 is 0 Å². The van der Waals surface area contributed by atoms with E-state index in [0.717, 1.165) is 38.8 Å². The second kappa shape index (κ2) is 10.0. The van der Waals surface area contributed by atoms with Gasteiger partial charge in [-0.05, 0) is 67.7 Å². The molecule has 4 aromatic rings. The Bertz CT molecular complexity index is 1280. The van der Waals surface area contributed by atoms with E-state index >= 15 is 0 Å². The fourth-order valence-electron chi connectivity index (χ4n) is 4.72. The van der Waals surface area contributed by atoms with Crippen molar-refractivity contribution in [2.24, 2.45) is 5.92 Å². The third-order valence-corrected chi connectivity index (χ3v) is 6.64. The summed E-state index contributed by atoms with van der Waals surface area (Å²) in [7, 11) is 0. The molecule has 2 aromatic heterocycles. The highest BCUT2D eigenvalue weighted by molar-refractivity contribution is 5.97. The number of fused-ring (bicyclic) bond motifs is 1.